The summed E-state index contributed by atoms with van der Waals surface area (Å²) in [6.07, 6.45) is -7.01. The molecule has 3 aliphatic rings. The second-order valence-corrected chi connectivity index (χ2v) is 11.5. The average Bonchev–Trinajstić information content (AvgIpc) is 3.07. The Kier molecular flexibility index (Phi) is 7.64. The molecule has 0 aliphatic carbocycles. The van der Waals surface area contributed by atoms with E-state index in [1.165, 1.54) is 0 Å². The molecular weight excluding hydrogens is 610 g/mol. The molecule has 0 aromatic heterocycles. The Morgan fingerprint density at radius 3 is 1.83 bits per heavy atom. The molecule has 3 aliphatic heterocycles. The van der Waals surface area contributed by atoms with Crippen LogP contribution in [0.3, 0.4) is 0 Å². The van der Waals surface area contributed by atoms with Crippen molar-refractivity contribution in [1.29, 1.82) is 0 Å². The maximum absolute atomic E-state index is 14.2. The van der Waals surface area contributed by atoms with Gasteiger partial charge in [-0.1, -0.05) is 42.5 Å². The van der Waals surface area contributed by atoms with Gasteiger partial charge in [-0.05, 0) is 41.8 Å². The van der Waals surface area contributed by atoms with E-state index in [-0.39, 0.29) is 5.56 Å². The number of halogens is 6. The standard InChI is InChI=1S/C35H30F6N2O3/c36-34(37,38)29-10-7-24(21-30(29)35(39,40)41)33(23-5-8-25(9-6-23)42-13-17-44-18-14-42)12-11-28-26-3-1-2-4-27(26)31(22-32(28)46-33)43-15-19-45-20-16-43/h1-12,21-22H,13-20H2. The first-order valence-electron chi connectivity index (χ1n) is 15.0. The topological polar surface area (TPSA) is 34.2 Å². The summed E-state index contributed by atoms with van der Waals surface area (Å²) in [6.45, 7) is 4.86. The van der Waals surface area contributed by atoms with Crippen molar-refractivity contribution in [3.8, 4) is 5.75 Å². The van der Waals surface area contributed by atoms with Gasteiger partial charge in [0, 0.05) is 65.7 Å². The monoisotopic (exact) mass is 640 g/mol. The van der Waals surface area contributed by atoms with Gasteiger partial charge in [0.1, 0.15) is 5.75 Å². The number of alkyl halides is 6. The van der Waals surface area contributed by atoms with E-state index in [1.807, 2.05) is 42.5 Å². The summed E-state index contributed by atoms with van der Waals surface area (Å²) in [4.78, 5) is 4.31. The number of morpholine rings is 2. The first-order chi connectivity index (χ1) is 22.0. The number of fused-ring (bicyclic) bond motifs is 3. The molecular formula is C35H30F6N2O3. The fraction of sp³-hybridized carbons (Fsp3) is 0.314. The highest BCUT2D eigenvalue weighted by molar-refractivity contribution is 6.02. The van der Waals surface area contributed by atoms with Crippen molar-refractivity contribution in [1.82, 2.24) is 0 Å². The van der Waals surface area contributed by atoms with E-state index in [2.05, 4.69) is 9.80 Å². The quantitative estimate of drug-likeness (QED) is 0.212. The molecule has 0 amide bonds. The van der Waals surface area contributed by atoms with Crippen LogP contribution in [0.5, 0.6) is 5.75 Å². The number of nitrogens with zero attached hydrogens (tertiary/aromatic N) is 2. The van der Waals surface area contributed by atoms with Crippen LogP contribution in [0.1, 0.15) is 27.8 Å². The Morgan fingerprint density at radius 2 is 1.20 bits per heavy atom. The summed E-state index contributed by atoms with van der Waals surface area (Å²) in [6, 6.07) is 19.0. The van der Waals surface area contributed by atoms with Gasteiger partial charge in [0.2, 0.25) is 0 Å². The molecule has 5 nitrogen and oxygen atoms in total. The van der Waals surface area contributed by atoms with Gasteiger partial charge in [0.25, 0.3) is 0 Å². The molecule has 11 heteroatoms. The smallest absolute Gasteiger partial charge is 0.417 e. The van der Waals surface area contributed by atoms with E-state index in [9.17, 15) is 26.3 Å². The van der Waals surface area contributed by atoms with Gasteiger partial charge >= 0.3 is 12.4 Å². The van der Waals surface area contributed by atoms with Crippen LogP contribution in [0.4, 0.5) is 37.7 Å². The number of benzene rings is 4. The molecule has 1 unspecified atom stereocenters. The number of hydrogen-bond acceptors (Lipinski definition) is 5. The van der Waals surface area contributed by atoms with Crippen LogP contribution in [0, 0.1) is 0 Å². The summed E-state index contributed by atoms with van der Waals surface area (Å²) in [7, 11) is 0. The van der Waals surface area contributed by atoms with E-state index in [4.69, 9.17) is 14.2 Å². The summed E-state index contributed by atoms with van der Waals surface area (Å²) in [5.74, 6) is 0.411. The Balaban J connectivity index is 1.41. The van der Waals surface area contributed by atoms with E-state index in [1.54, 1.807) is 24.3 Å². The average molecular weight is 641 g/mol. The van der Waals surface area contributed by atoms with Crippen molar-refractivity contribution in [2.45, 2.75) is 18.0 Å². The zero-order valence-electron chi connectivity index (χ0n) is 24.6. The molecule has 1 atom stereocenters. The second-order valence-electron chi connectivity index (χ2n) is 11.5. The van der Waals surface area contributed by atoms with Gasteiger partial charge in [-0.3, -0.25) is 0 Å². The van der Waals surface area contributed by atoms with Crippen LogP contribution in [-0.4, -0.2) is 52.6 Å². The lowest BCUT2D eigenvalue weighted by Crippen LogP contribution is -2.37. The van der Waals surface area contributed by atoms with E-state index >= 15 is 0 Å². The fourth-order valence-electron chi connectivity index (χ4n) is 6.56. The Bertz CT molecular complexity index is 1770. The lowest BCUT2D eigenvalue weighted by molar-refractivity contribution is -0.162. The van der Waals surface area contributed by atoms with Gasteiger partial charge in [-0.2, -0.15) is 26.3 Å². The zero-order valence-corrected chi connectivity index (χ0v) is 24.6. The third kappa shape index (κ3) is 5.45. The number of anilines is 2. The van der Waals surface area contributed by atoms with Crippen LogP contribution in [-0.2, 0) is 27.4 Å². The van der Waals surface area contributed by atoms with E-state index in [0.29, 0.717) is 76.1 Å². The molecule has 0 radical (unpaired) electrons. The molecule has 0 bridgehead atoms. The van der Waals surface area contributed by atoms with Crippen LogP contribution in [0.15, 0.2) is 78.9 Å². The zero-order chi connectivity index (χ0) is 32.1. The minimum atomic E-state index is -5.25. The van der Waals surface area contributed by atoms with Crippen molar-refractivity contribution in [2.75, 3.05) is 62.4 Å². The lowest BCUT2D eigenvalue weighted by Gasteiger charge is -2.38. The molecule has 46 heavy (non-hydrogen) atoms. The van der Waals surface area contributed by atoms with Crippen molar-refractivity contribution in [3.05, 3.63) is 107 Å². The van der Waals surface area contributed by atoms with Crippen molar-refractivity contribution in [3.63, 3.8) is 0 Å². The van der Waals surface area contributed by atoms with Crippen molar-refractivity contribution in [2.24, 2.45) is 0 Å². The van der Waals surface area contributed by atoms with Gasteiger partial charge < -0.3 is 24.0 Å². The van der Waals surface area contributed by atoms with E-state index in [0.717, 1.165) is 33.8 Å². The van der Waals surface area contributed by atoms with E-state index < -0.39 is 29.1 Å². The van der Waals surface area contributed by atoms with Crippen molar-refractivity contribution < 1.29 is 40.6 Å². The number of rotatable bonds is 4. The minimum absolute atomic E-state index is 0.0741. The highest BCUT2D eigenvalue weighted by Crippen LogP contribution is 2.49. The summed E-state index contributed by atoms with van der Waals surface area (Å²) < 4.78 is 102. The molecule has 2 fully saturated rings. The SMILES string of the molecule is FC(F)(F)c1ccc(C2(c3ccc(N4CCOCC4)cc3)C=Cc3c(cc(N4CCOCC4)c4ccccc34)O2)cc1C(F)(F)F. The highest BCUT2D eigenvalue weighted by Gasteiger charge is 2.46. The fourth-order valence-corrected chi connectivity index (χ4v) is 6.56. The Labute approximate surface area is 261 Å². The molecule has 7 rings (SSSR count). The highest BCUT2D eigenvalue weighted by atomic mass is 19.4. The molecule has 2 saturated heterocycles. The molecule has 240 valence electrons. The molecule has 4 aromatic rings. The Morgan fingerprint density at radius 1 is 0.609 bits per heavy atom. The van der Waals surface area contributed by atoms with Gasteiger partial charge in [-0.15, -0.1) is 0 Å². The first kappa shape index (κ1) is 30.4. The summed E-state index contributed by atoms with van der Waals surface area (Å²) >= 11 is 0. The number of hydrogen-bond donors (Lipinski definition) is 0. The van der Waals surface area contributed by atoms with Gasteiger partial charge in [0.15, 0.2) is 5.60 Å². The van der Waals surface area contributed by atoms with Crippen LogP contribution in [0.25, 0.3) is 16.8 Å². The van der Waals surface area contributed by atoms with Crippen LogP contribution < -0.4 is 14.5 Å². The maximum atomic E-state index is 14.2. The van der Waals surface area contributed by atoms with Gasteiger partial charge in [0.05, 0.1) is 37.6 Å². The second kappa shape index (κ2) is 11.5. The van der Waals surface area contributed by atoms with Crippen molar-refractivity contribution >= 4 is 28.2 Å². The Hall–Kier alpha value is -4.22. The van der Waals surface area contributed by atoms with Crippen LogP contribution in [0.2, 0.25) is 0 Å². The molecule has 0 spiro atoms. The predicted molar refractivity (Wildman–Crippen MR) is 163 cm³/mol. The lowest BCUT2D eigenvalue weighted by atomic mass is 9.81. The minimum Gasteiger partial charge on any atom is -0.473 e. The normalized spacial score (nSPS) is 20.5. The molecule has 3 heterocycles. The molecule has 0 N–H and O–H groups in total. The molecule has 0 saturated carbocycles. The summed E-state index contributed by atoms with van der Waals surface area (Å²) in [5.41, 5.74) is -2.27. The summed E-state index contributed by atoms with van der Waals surface area (Å²) in [5, 5.41) is 1.87. The van der Waals surface area contributed by atoms with Crippen LogP contribution >= 0.6 is 0 Å². The predicted octanol–water partition coefficient (Wildman–Crippen LogP) is 7.90. The maximum Gasteiger partial charge on any atom is 0.417 e. The van der Waals surface area contributed by atoms with Gasteiger partial charge in [-0.25, -0.2) is 0 Å². The third-order valence-electron chi connectivity index (χ3n) is 8.87. The molecule has 4 aromatic carbocycles. The third-order valence-corrected chi connectivity index (χ3v) is 8.87. The largest absolute Gasteiger partial charge is 0.473 e. The number of ether oxygens (including phenoxy) is 3. The first-order valence-corrected chi connectivity index (χ1v) is 15.0.